The molecule has 28 heavy (non-hydrogen) atoms. The molecule has 0 aromatic carbocycles. The highest BCUT2D eigenvalue weighted by Crippen LogP contribution is 2.31. The van der Waals surface area contributed by atoms with Gasteiger partial charge in [0.25, 0.3) is 0 Å². The Labute approximate surface area is 187 Å². The van der Waals surface area contributed by atoms with Crippen molar-refractivity contribution < 1.29 is 29.0 Å². The van der Waals surface area contributed by atoms with Crippen molar-refractivity contribution in [2.24, 2.45) is 5.92 Å². The SMILES string of the molecule is Cl.[2H][13C]([2H])([2H])N1C[C@H](CCC)C[C@H]1C(=O)N[C@@H]([C@H]1O[C@H](SC)[C@H](O)[C@@H](O)[C@H]1O)[C@H](C)Cl. The molecule has 0 saturated carbocycles. The molecule has 0 unspecified atom stereocenters. The second-order valence-electron chi connectivity index (χ2n) is 7.45. The third-order valence-electron chi connectivity index (χ3n) is 5.38. The fourth-order valence-electron chi connectivity index (χ4n) is 3.87. The number of nitrogens with zero attached hydrogens (tertiary/aromatic N) is 1. The Balaban J connectivity index is 0.00000480. The van der Waals surface area contributed by atoms with Crippen molar-refractivity contribution in [3.63, 3.8) is 0 Å². The second kappa shape index (κ2) is 11.6. The van der Waals surface area contributed by atoms with Gasteiger partial charge in [0.1, 0.15) is 29.9 Å². The molecule has 0 aromatic heterocycles. The molecule has 0 spiro atoms. The first-order valence-corrected chi connectivity index (χ1v) is 11.1. The van der Waals surface area contributed by atoms with Crippen LogP contribution in [0.15, 0.2) is 0 Å². The van der Waals surface area contributed by atoms with Crippen LogP contribution in [-0.2, 0) is 9.53 Å². The molecule has 10 heteroatoms. The molecule has 0 radical (unpaired) electrons. The van der Waals surface area contributed by atoms with Crippen LogP contribution in [0.1, 0.15) is 37.2 Å². The van der Waals surface area contributed by atoms with Crippen molar-refractivity contribution in [2.45, 2.75) is 80.4 Å². The minimum Gasteiger partial charge on any atom is -0.388 e. The molecule has 2 rings (SSSR count). The third kappa shape index (κ3) is 5.88. The maximum atomic E-state index is 13.1. The predicted molar refractivity (Wildman–Crippen MR) is 114 cm³/mol. The van der Waals surface area contributed by atoms with E-state index in [-0.39, 0.29) is 18.3 Å². The standard InChI is InChI=1S/C18H33ClN2O5S.ClH/c1-5-6-10-7-11(21(3)8-10)17(25)20-12(9(2)19)16-14(23)13(22)15(24)18(26-16)27-4;/h9-16,18,22-24H,5-8H2,1-4H3,(H,20,25);1H/t9-,10+,11-,12+,13-,14+,15+,16+,18+;/m0./s1/i3+1D3;. The molecule has 2 aliphatic heterocycles. The topological polar surface area (TPSA) is 102 Å². The smallest absolute Gasteiger partial charge is 0.237 e. The molecule has 0 bridgehead atoms. The lowest BCUT2D eigenvalue weighted by Crippen LogP contribution is -2.65. The Bertz CT molecular complexity index is 591. The van der Waals surface area contributed by atoms with Gasteiger partial charge < -0.3 is 25.4 Å². The van der Waals surface area contributed by atoms with Gasteiger partial charge in [-0.1, -0.05) is 13.3 Å². The number of aliphatic hydroxyl groups is 3. The van der Waals surface area contributed by atoms with Crippen LogP contribution in [-0.4, -0.2) is 93.2 Å². The monoisotopic (exact) mass is 464 g/mol. The highest BCUT2D eigenvalue weighted by atomic mass is 35.5. The fraction of sp³-hybridized carbons (Fsp3) is 0.944. The van der Waals surface area contributed by atoms with E-state index in [1.807, 2.05) is 6.92 Å². The number of rotatable bonds is 7. The van der Waals surface area contributed by atoms with Crippen LogP contribution in [0.25, 0.3) is 0 Å². The van der Waals surface area contributed by atoms with Gasteiger partial charge >= 0.3 is 0 Å². The zero-order chi connectivity index (χ0) is 22.8. The van der Waals surface area contributed by atoms with Crippen molar-refractivity contribution in [2.75, 3.05) is 19.8 Å². The van der Waals surface area contributed by atoms with E-state index in [1.54, 1.807) is 13.2 Å². The van der Waals surface area contributed by atoms with Crippen molar-refractivity contribution in [1.82, 2.24) is 10.2 Å². The van der Waals surface area contributed by atoms with Crippen LogP contribution in [0.5, 0.6) is 0 Å². The molecule has 2 aliphatic rings. The zero-order valence-electron chi connectivity index (χ0n) is 19.3. The lowest BCUT2D eigenvalue weighted by Gasteiger charge is -2.44. The summed E-state index contributed by atoms with van der Waals surface area (Å²) in [7, 11) is 0. The summed E-state index contributed by atoms with van der Waals surface area (Å²) in [5.41, 5.74) is -0.803. The molecule has 2 heterocycles. The van der Waals surface area contributed by atoms with Gasteiger partial charge in [0.05, 0.1) is 17.5 Å². The average molecular weight is 465 g/mol. The maximum absolute atomic E-state index is 13.1. The molecule has 2 saturated heterocycles. The number of hydrogen-bond acceptors (Lipinski definition) is 7. The van der Waals surface area contributed by atoms with Crippen LogP contribution >= 0.6 is 35.8 Å². The average Bonchev–Trinajstić information content (AvgIpc) is 3.09. The lowest BCUT2D eigenvalue weighted by atomic mass is 9.92. The van der Waals surface area contributed by atoms with Crippen molar-refractivity contribution in [3.8, 4) is 0 Å². The molecule has 2 fully saturated rings. The Hall–Kier alpha value is 0.200. The quantitative estimate of drug-likeness (QED) is 0.326. The van der Waals surface area contributed by atoms with E-state index in [1.165, 1.54) is 4.90 Å². The molecule has 1 amide bonds. The number of likely N-dealkylation sites (N-methyl/N-ethyl adjacent to an activating group) is 1. The number of nitrogens with one attached hydrogen (secondary N) is 1. The minimum absolute atomic E-state index is 0. The van der Waals surface area contributed by atoms with Gasteiger partial charge in [-0.25, -0.2) is 0 Å². The highest BCUT2D eigenvalue weighted by Gasteiger charge is 2.48. The van der Waals surface area contributed by atoms with Gasteiger partial charge in [0.15, 0.2) is 0 Å². The molecule has 0 aromatic rings. The van der Waals surface area contributed by atoms with Crippen molar-refractivity contribution in [1.29, 1.82) is 0 Å². The highest BCUT2D eigenvalue weighted by molar-refractivity contribution is 7.99. The van der Waals surface area contributed by atoms with Crippen LogP contribution in [0, 0.1) is 5.92 Å². The summed E-state index contributed by atoms with van der Waals surface area (Å²) >= 11 is 7.46. The summed E-state index contributed by atoms with van der Waals surface area (Å²) in [5, 5.41) is 32.8. The number of ether oxygens (including phenoxy) is 1. The van der Waals surface area contributed by atoms with Crippen LogP contribution in [0.3, 0.4) is 0 Å². The number of carbonyl (C=O) groups is 1. The maximum Gasteiger partial charge on any atom is 0.237 e. The number of thioether (sulfide) groups is 1. The first kappa shape index (κ1) is 21.4. The molecule has 166 valence electrons. The van der Waals surface area contributed by atoms with Crippen LogP contribution in [0.4, 0.5) is 0 Å². The first-order chi connectivity index (χ1) is 13.9. The fourth-order valence-corrected chi connectivity index (χ4v) is 4.76. The molecule has 4 N–H and O–H groups in total. The van der Waals surface area contributed by atoms with Gasteiger partial charge in [0, 0.05) is 10.7 Å². The normalized spacial score (nSPS) is 40.5. The summed E-state index contributed by atoms with van der Waals surface area (Å²) in [4.78, 5) is 14.3. The summed E-state index contributed by atoms with van der Waals surface area (Å²) in [6.07, 6.45) is -1.45. The number of likely N-dealkylation sites (tertiary alicyclic amines) is 1. The molecule has 7 nitrogen and oxygen atoms in total. The molecular formula is C18H34Cl2N2O5S. The summed E-state index contributed by atoms with van der Waals surface area (Å²) in [6.45, 7) is 1.54. The van der Waals surface area contributed by atoms with Crippen LogP contribution < -0.4 is 5.32 Å². The number of alkyl halides is 1. The second-order valence-corrected chi connectivity index (χ2v) is 9.07. The van der Waals surface area contributed by atoms with E-state index in [9.17, 15) is 20.1 Å². The van der Waals surface area contributed by atoms with E-state index in [0.29, 0.717) is 13.0 Å². The minimum atomic E-state index is -2.41. The van der Waals surface area contributed by atoms with Gasteiger partial charge in [-0.05, 0) is 38.9 Å². The van der Waals surface area contributed by atoms with Gasteiger partial charge in [0.2, 0.25) is 5.91 Å². The van der Waals surface area contributed by atoms with Crippen LogP contribution in [0.2, 0.25) is 0 Å². The van der Waals surface area contributed by atoms with Gasteiger partial charge in [-0.15, -0.1) is 35.8 Å². The van der Waals surface area contributed by atoms with Gasteiger partial charge in [-0.2, -0.15) is 0 Å². The predicted octanol–water partition coefficient (Wildman–Crippen LogP) is 0.811. The summed E-state index contributed by atoms with van der Waals surface area (Å²) in [6, 6.07) is -1.74. The Kier molecular flexibility index (Phi) is 8.84. The summed E-state index contributed by atoms with van der Waals surface area (Å²) in [5.74, 6) is -0.397. The van der Waals surface area contributed by atoms with E-state index in [4.69, 9.17) is 20.5 Å². The largest absolute Gasteiger partial charge is 0.388 e. The van der Waals surface area contributed by atoms with Crippen molar-refractivity contribution in [3.05, 3.63) is 0 Å². The zero-order valence-corrected chi connectivity index (χ0v) is 18.7. The Morgan fingerprint density at radius 1 is 1.39 bits per heavy atom. The number of aliphatic hydroxyl groups excluding tert-OH is 3. The number of halogens is 2. The number of hydrogen-bond donors (Lipinski definition) is 4. The lowest BCUT2D eigenvalue weighted by molar-refractivity contribution is -0.205. The van der Waals surface area contributed by atoms with E-state index in [0.717, 1.165) is 24.6 Å². The van der Waals surface area contributed by atoms with Crippen molar-refractivity contribution >= 4 is 41.7 Å². The first-order valence-electron chi connectivity index (χ1n) is 10.9. The Morgan fingerprint density at radius 3 is 2.61 bits per heavy atom. The van der Waals surface area contributed by atoms with Gasteiger partial charge in [-0.3, -0.25) is 9.69 Å². The molecule has 0 aliphatic carbocycles. The van der Waals surface area contributed by atoms with E-state index in [2.05, 4.69) is 5.32 Å². The van der Waals surface area contributed by atoms with E-state index >= 15 is 0 Å². The molecular weight excluding hydrogens is 428 g/mol. The summed E-state index contributed by atoms with van der Waals surface area (Å²) < 4.78 is 29.1. The van der Waals surface area contributed by atoms with E-state index < -0.39 is 60.2 Å². The number of amides is 1. The third-order valence-corrected chi connectivity index (χ3v) is 6.51. The number of carbonyl (C=O) groups excluding carboxylic acids is 1. The molecule has 9 atom stereocenters. The Morgan fingerprint density at radius 2 is 2.07 bits per heavy atom.